The summed E-state index contributed by atoms with van der Waals surface area (Å²) in [7, 11) is 0. The van der Waals surface area contributed by atoms with Gasteiger partial charge in [-0.2, -0.15) is 0 Å². The first-order valence-electron chi connectivity index (χ1n) is 5.33. The van der Waals surface area contributed by atoms with Crippen molar-refractivity contribution in [2.24, 2.45) is 0 Å². The summed E-state index contributed by atoms with van der Waals surface area (Å²) in [5, 5.41) is 3.13. The molecule has 0 spiro atoms. The summed E-state index contributed by atoms with van der Waals surface area (Å²) in [5.41, 5.74) is 0.540. The predicted molar refractivity (Wildman–Crippen MR) is 66.3 cm³/mol. The largest absolute Gasteiger partial charge is 0.428 e. The van der Waals surface area contributed by atoms with E-state index in [4.69, 9.17) is 9.47 Å². The summed E-state index contributed by atoms with van der Waals surface area (Å²) < 4.78 is 10.8. The summed E-state index contributed by atoms with van der Waals surface area (Å²) in [6.07, 6.45) is 0. The molecule has 4 nitrogen and oxygen atoms in total. The van der Waals surface area contributed by atoms with Crippen LogP contribution in [0, 0.1) is 0 Å². The number of hydrogen-bond acceptors (Lipinski definition) is 4. The highest BCUT2D eigenvalue weighted by Gasteiger charge is 2.32. The Morgan fingerprint density at radius 2 is 2.12 bits per heavy atom. The summed E-state index contributed by atoms with van der Waals surface area (Å²) in [6.45, 7) is 3.63. The normalized spacial score (nSPS) is 23.6. The van der Waals surface area contributed by atoms with Crippen LogP contribution in [0.15, 0.2) is 30.3 Å². The first kappa shape index (κ1) is 14.0. The van der Waals surface area contributed by atoms with Crippen LogP contribution in [0.2, 0.25) is 0 Å². The molecule has 1 aliphatic heterocycles. The van der Waals surface area contributed by atoms with Crippen LogP contribution in [0.1, 0.15) is 17.3 Å². The van der Waals surface area contributed by atoms with Gasteiger partial charge >= 0.3 is 5.97 Å². The molecule has 0 amide bonds. The van der Waals surface area contributed by atoms with E-state index >= 15 is 0 Å². The number of ether oxygens (including phenoxy) is 2. The minimum Gasteiger partial charge on any atom is -0.428 e. The lowest BCUT2D eigenvalue weighted by Crippen LogP contribution is -2.50. The van der Waals surface area contributed by atoms with Gasteiger partial charge in [0, 0.05) is 13.5 Å². The quantitative estimate of drug-likeness (QED) is 0.818. The second-order valence-corrected chi connectivity index (χ2v) is 3.91. The van der Waals surface area contributed by atoms with Crippen LogP contribution in [-0.2, 0) is 9.47 Å². The van der Waals surface area contributed by atoms with Gasteiger partial charge in [0.15, 0.2) is 0 Å². The number of morpholine rings is 1. The maximum atomic E-state index is 11.8. The van der Waals surface area contributed by atoms with Crippen molar-refractivity contribution in [2.75, 3.05) is 19.7 Å². The predicted octanol–water partition coefficient (Wildman–Crippen LogP) is 1.60. The van der Waals surface area contributed by atoms with Gasteiger partial charge in [0.25, 0.3) is 0 Å². The second kappa shape index (κ2) is 6.00. The molecule has 1 aliphatic rings. The molecule has 0 aromatic heterocycles. The van der Waals surface area contributed by atoms with Gasteiger partial charge in [0.1, 0.15) is 0 Å². The third-order valence-corrected chi connectivity index (χ3v) is 2.45. The van der Waals surface area contributed by atoms with Crippen molar-refractivity contribution in [1.82, 2.24) is 5.32 Å². The van der Waals surface area contributed by atoms with Crippen LogP contribution in [-0.4, -0.2) is 31.5 Å². The van der Waals surface area contributed by atoms with Crippen molar-refractivity contribution in [2.45, 2.75) is 12.7 Å². The van der Waals surface area contributed by atoms with Crippen LogP contribution < -0.4 is 5.32 Å². The first-order chi connectivity index (χ1) is 7.70. The number of rotatable bonds is 2. The first-order valence-corrected chi connectivity index (χ1v) is 5.33. The lowest BCUT2D eigenvalue weighted by atomic mass is 10.2. The minimum absolute atomic E-state index is 0. The molecule has 2 rings (SSSR count). The number of nitrogens with one attached hydrogen (secondary N) is 1. The van der Waals surface area contributed by atoms with E-state index in [1.54, 1.807) is 31.2 Å². The maximum absolute atomic E-state index is 11.8. The Kier molecular flexibility index (Phi) is 4.93. The van der Waals surface area contributed by atoms with Gasteiger partial charge in [0.05, 0.1) is 18.7 Å². The molecule has 0 aliphatic carbocycles. The van der Waals surface area contributed by atoms with Gasteiger partial charge in [-0.25, -0.2) is 4.79 Å². The molecule has 17 heavy (non-hydrogen) atoms. The third-order valence-electron chi connectivity index (χ3n) is 2.45. The van der Waals surface area contributed by atoms with Crippen LogP contribution in [0.5, 0.6) is 0 Å². The molecule has 0 unspecified atom stereocenters. The Labute approximate surface area is 107 Å². The molecule has 1 fully saturated rings. The Hall–Kier alpha value is -1.10. The van der Waals surface area contributed by atoms with Crippen molar-refractivity contribution in [3.63, 3.8) is 0 Å². The average Bonchev–Trinajstić information content (AvgIpc) is 2.30. The van der Waals surface area contributed by atoms with E-state index in [0.29, 0.717) is 18.7 Å². The summed E-state index contributed by atoms with van der Waals surface area (Å²) in [4.78, 5) is 11.8. The molecule has 1 atom stereocenters. The fourth-order valence-electron chi connectivity index (χ4n) is 1.60. The number of halogens is 1. The lowest BCUT2D eigenvalue weighted by Gasteiger charge is -2.33. The molecule has 5 heteroatoms. The third kappa shape index (κ3) is 3.70. The molecule has 1 saturated heterocycles. The average molecular weight is 258 g/mol. The van der Waals surface area contributed by atoms with E-state index in [1.807, 2.05) is 6.07 Å². The van der Waals surface area contributed by atoms with Crippen molar-refractivity contribution < 1.29 is 14.3 Å². The summed E-state index contributed by atoms with van der Waals surface area (Å²) in [6, 6.07) is 8.92. The van der Waals surface area contributed by atoms with Gasteiger partial charge in [-0.3, -0.25) is 0 Å². The zero-order valence-electron chi connectivity index (χ0n) is 9.64. The van der Waals surface area contributed by atoms with Crippen LogP contribution in [0.25, 0.3) is 0 Å². The molecule has 0 saturated carbocycles. The SMILES string of the molecule is C[C@@]1(OC(=O)c2ccccc2)CNCCO1.Cl. The molecule has 0 radical (unpaired) electrons. The highest BCUT2D eigenvalue weighted by molar-refractivity contribution is 5.89. The fraction of sp³-hybridized carbons (Fsp3) is 0.417. The van der Waals surface area contributed by atoms with E-state index in [9.17, 15) is 4.79 Å². The van der Waals surface area contributed by atoms with E-state index in [0.717, 1.165) is 6.54 Å². The molecular weight excluding hydrogens is 242 g/mol. The summed E-state index contributed by atoms with van der Waals surface area (Å²) >= 11 is 0. The Morgan fingerprint density at radius 3 is 2.71 bits per heavy atom. The van der Waals surface area contributed by atoms with Crippen molar-refractivity contribution in [3.8, 4) is 0 Å². The summed E-state index contributed by atoms with van der Waals surface area (Å²) in [5.74, 6) is -1.21. The van der Waals surface area contributed by atoms with Gasteiger partial charge < -0.3 is 14.8 Å². The topological polar surface area (TPSA) is 47.6 Å². The van der Waals surface area contributed by atoms with Gasteiger partial charge in [-0.05, 0) is 12.1 Å². The minimum atomic E-state index is -0.856. The van der Waals surface area contributed by atoms with Gasteiger partial charge in [-0.1, -0.05) is 18.2 Å². The standard InChI is InChI=1S/C12H15NO3.ClH/c1-12(9-13-7-8-15-12)16-11(14)10-5-3-2-4-6-10;/h2-6,13H,7-9H2,1H3;1H/t12-;/m1./s1. The fourth-order valence-corrected chi connectivity index (χ4v) is 1.60. The second-order valence-electron chi connectivity index (χ2n) is 3.91. The zero-order chi connectivity index (χ0) is 11.4. The molecular formula is C12H16ClNO3. The van der Waals surface area contributed by atoms with Crippen molar-refractivity contribution in [3.05, 3.63) is 35.9 Å². The smallest absolute Gasteiger partial charge is 0.340 e. The monoisotopic (exact) mass is 257 g/mol. The number of carbonyl (C=O) groups is 1. The molecule has 1 aromatic carbocycles. The number of carbonyl (C=O) groups excluding carboxylic acids is 1. The van der Waals surface area contributed by atoms with E-state index in [1.165, 1.54) is 0 Å². The van der Waals surface area contributed by atoms with Crippen molar-refractivity contribution >= 4 is 18.4 Å². The van der Waals surface area contributed by atoms with Gasteiger partial charge in [-0.15, -0.1) is 12.4 Å². The van der Waals surface area contributed by atoms with Crippen molar-refractivity contribution in [1.29, 1.82) is 0 Å². The van der Waals surface area contributed by atoms with Crippen LogP contribution in [0.3, 0.4) is 0 Å². The number of hydrogen-bond donors (Lipinski definition) is 1. The zero-order valence-corrected chi connectivity index (χ0v) is 10.5. The van der Waals surface area contributed by atoms with E-state index in [2.05, 4.69) is 5.32 Å². The lowest BCUT2D eigenvalue weighted by molar-refractivity contribution is -0.201. The number of benzene rings is 1. The highest BCUT2D eigenvalue weighted by Crippen LogP contribution is 2.16. The van der Waals surface area contributed by atoms with E-state index in [-0.39, 0.29) is 18.4 Å². The van der Waals surface area contributed by atoms with Crippen LogP contribution >= 0.6 is 12.4 Å². The highest BCUT2D eigenvalue weighted by atomic mass is 35.5. The number of esters is 1. The Morgan fingerprint density at radius 1 is 1.41 bits per heavy atom. The van der Waals surface area contributed by atoms with Crippen LogP contribution in [0.4, 0.5) is 0 Å². The Balaban J connectivity index is 0.00000144. The van der Waals surface area contributed by atoms with Gasteiger partial charge in [0.2, 0.25) is 5.79 Å². The van der Waals surface area contributed by atoms with E-state index < -0.39 is 5.79 Å². The molecule has 0 bridgehead atoms. The molecule has 1 heterocycles. The Bertz CT molecular complexity index is 363. The molecule has 1 N–H and O–H groups in total. The maximum Gasteiger partial charge on any atom is 0.340 e. The molecule has 1 aromatic rings. The molecule has 94 valence electrons.